The first-order valence-corrected chi connectivity index (χ1v) is 11.2. The van der Waals surface area contributed by atoms with E-state index < -0.39 is 45.3 Å². The van der Waals surface area contributed by atoms with Crippen LogP contribution in [0.4, 0.5) is 8.78 Å². The van der Waals surface area contributed by atoms with Crippen LogP contribution in [0.1, 0.15) is 39.5 Å². The molecule has 1 aliphatic heterocycles. The number of hydrogen-bond acceptors (Lipinski definition) is 7. The average Bonchev–Trinajstić information content (AvgIpc) is 3.21. The molecule has 0 amide bonds. The Bertz CT molecular complexity index is 758. The van der Waals surface area contributed by atoms with E-state index in [4.69, 9.17) is 18.8 Å². The van der Waals surface area contributed by atoms with Crippen LogP contribution in [-0.2, 0) is 33.9 Å². The van der Waals surface area contributed by atoms with Crippen LogP contribution in [0.25, 0.3) is 0 Å². The molecular formula is C18H26F2O8S. The zero-order valence-electron chi connectivity index (χ0n) is 16.3. The number of carbonyl (C=O) groups is 2. The minimum Gasteiger partial charge on any atom is -0.465 e. The molecule has 1 saturated heterocycles. The minimum absolute atomic E-state index is 0.0994. The van der Waals surface area contributed by atoms with Gasteiger partial charge < -0.3 is 14.2 Å². The predicted octanol–water partition coefficient (Wildman–Crippen LogP) is 2.03. The van der Waals surface area contributed by atoms with Crippen LogP contribution in [0.3, 0.4) is 0 Å². The highest BCUT2D eigenvalue weighted by Crippen LogP contribution is 2.53. The number of ether oxygens (including phenoxy) is 3. The highest BCUT2D eigenvalue weighted by atomic mass is 32.2. The second-order valence-corrected chi connectivity index (χ2v) is 9.95. The zero-order valence-corrected chi connectivity index (χ0v) is 17.1. The second kappa shape index (κ2) is 7.73. The van der Waals surface area contributed by atoms with Gasteiger partial charge in [-0.05, 0) is 44.4 Å². The van der Waals surface area contributed by atoms with Gasteiger partial charge in [-0.1, -0.05) is 6.92 Å². The van der Waals surface area contributed by atoms with E-state index in [0.717, 1.165) is 12.8 Å². The standard InChI is InChI=1S/C18H26F2O8S/c1-3-17(7-26-8-17)9-27-15(21)13-11-4-5-12(6-11)14(13)16(22)28-10(2)18(19,20)29(23,24)25/h10-14H,3-9H2,1-2H3,(H,23,24,25). The molecule has 5 atom stereocenters. The van der Waals surface area contributed by atoms with Crippen LogP contribution in [0.2, 0.25) is 0 Å². The van der Waals surface area contributed by atoms with Crippen molar-refractivity contribution in [2.24, 2.45) is 29.1 Å². The van der Waals surface area contributed by atoms with E-state index in [9.17, 15) is 26.8 Å². The van der Waals surface area contributed by atoms with Gasteiger partial charge in [-0.2, -0.15) is 17.2 Å². The second-order valence-electron chi connectivity index (χ2n) is 8.45. The van der Waals surface area contributed by atoms with E-state index in [1.165, 1.54) is 0 Å². The summed E-state index contributed by atoms with van der Waals surface area (Å²) in [4.78, 5) is 25.3. The molecule has 1 heterocycles. The van der Waals surface area contributed by atoms with Gasteiger partial charge in [0.2, 0.25) is 0 Å². The number of esters is 2. The van der Waals surface area contributed by atoms with Crippen molar-refractivity contribution in [2.45, 2.75) is 50.9 Å². The lowest BCUT2D eigenvalue weighted by Crippen LogP contribution is -2.48. The molecule has 3 rings (SSSR count). The SMILES string of the molecule is CCC1(COC(=O)C2C3CCC(C3)C2C(=O)OC(C)C(F)(F)S(=O)(=O)O)COC1. The third-order valence-electron chi connectivity index (χ3n) is 6.66. The fourth-order valence-corrected chi connectivity index (χ4v) is 5.07. The fraction of sp³-hybridized carbons (Fsp3) is 0.889. The van der Waals surface area contributed by atoms with Gasteiger partial charge in [0.05, 0.1) is 30.5 Å². The largest absolute Gasteiger partial charge is 0.465 e. The molecule has 11 heteroatoms. The zero-order chi connectivity index (χ0) is 21.6. The summed E-state index contributed by atoms with van der Waals surface area (Å²) >= 11 is 0. The molecule has 166 valence electrons. The smallest absolute Gasteiger partial charge is 0.405 e. The van der Waals surface area contributed by atoms with Crippen LogP contribution in [0.5, 0.6) is 0 Å². The van der Waals surface area contributed by atoms with E-state index in [0.29, 0.717) is 33.0 Å². The Kier molecular flexibility index (Phi) is 5.96. The first-order valence-electron chi connectivity index (χ1n) is 9.71. The summed E-state index contributed by atoms with van der Waals surface area (Å²) in [6.45, 7) is 3.79. The molecule has 0 radical (unpaired) electrons. The lowest BCUT2D eigenvalue weighted by atomic mass is 9.79. The highest BCUT2D eigenvalue weighted by Gasteiger charge is 2.58. The monoisotopic (exact) mass is 440 g/mol. The summed E-state index contributed by atoms with van der Waals surface area (Å²) < 4.78 is 73.3. The number of fused-ring (bicyclic) bond motifs is 2. The molecule has 2 saturated carbocycles. The van der Waals surface area contributed by atoms with Crippen LogP contribution in [0, 0.1) is 29.1 Å². The Balaban J connectivity index is 1.68. The lowest BCUT2D eigenvalue weighted by molar-refractivity contribution is -0.183. The van der Waals surface area contributed by atoms with Crippen molar-refractivity contribution < 1.29 is 45.6 Å². The first-order chi connectivity index (χ1) is 13.4. The Morgan fingerprint density at radius 3 is 2.21 bits per heavy atom. The Labute approximate surface area is 168 Å². The van der Waals surface area contributed by atoms with Gasteiger partial charge in [0.25, 0.3) is 0 Å². The van der Waals surface area contributed by atoms with E-state index in [2.05, 4.69) is 0 Å². The van der Waals surface area contributed by atoms with E-state index in [1.807, 2.05) is 6.92 Å². The maximum atomic E-state index is 13.7. The summed E-state index contributed by atoms with van der Waals surface area (Å²) in [5, 5.41) is -4.64. The molecule has 0 aromatic heterocycles. The van der Waals surface area contributed by atoms with Crippen LogP contribution < -0.4 is 0 Å². The Morgan fingerprint density at radius 1 is 1.21 bits per heavy atom. The molecule has 29 heavy (non-hydrogen) atoms. The van der Waals surface area contributed by atoms with Gasteiger partial charge >= 0.3 is 27.3 Å². The molecule has 3 aliphatic rings. The normalized spacial score (nSPS) is 31.8. The lowest BCUT2D eigenvalue weighted by Gasteiger charge is -2.40. The fourth-order valence-electron chi connectivity index (χ4n) is 4.60. The molecule has 0 spiro atoms. The van der Waals surface area contributed by atoms with E-state index >= 15 is 0 Å². The van der Waals surface area contributed by atoms with Crippen molar-refractivity contribution >= 4 is 22.1 Å². The maximum absolute atomic E-state index is 13.7. The summed E-state index contributed by atoms with van der Waals surface area (Å²) in [5.74, 6) is -3.69. The topological polar surface area (TPSA) is 116 Å². The maximum Gasteiger partial charge on any atom is 0.405 e. The van der Waals surface area contributed by atoms with E-state index in [1.54, 1.807) is 0 Å². The molecule has 2 bridgehead atoms. The number of hydrogen-bond donors (Lipinski definition) is 1. The Morgan fingerprint density at radius 2 is 1.76 bits per heavy atom. The van der Waals surface area contributed by atoms with Gasteiger partial charge in [0.1, 0.15) is 6.61 Å². The molecule has 1 N–H and O–H groups in total. The van der Waals surface area contributed by atoms with Gasteiger partial charge in [-0.15, -0.1) is 0 Å². The summed E-state index contributed by atoms with van der Waals surface area (Å²) in [5.41, 5.74) is -0.227. The number of alkyl halides is 2. The van der Waals surface area contributed by atoms with Crippen LogP contribution in [-0.4, -0.2) is 56.1 Å². The molecule has 2 aliphatic carbocycles. The minimum atomic E-state index is -5.75. The van der Waals surface area contributed by atoms with Gasteiger partial charge in [-0.3, -0.25) is 14.1 Å². The molecule has 0 aromatic carbocycles. The van der Waals surface area contributed by atoms with Crippen LogP contribution in [0.15, 0.2) is 0 Å². The van der Waals surface area contributed by atoms with Crippen LogP contribution >= 0.6 is 0 Å². The van der Waals surface area contributed by atoms with Gasteiger partial charge in [0, 0.05) is 0 Å². The van der Waals surface area contributed by atoms with Crippen molar-refractivity contribution in [1.82, 2.24) is 0 Å². The highest BCUT2D eigenvalue weighted by molar-refractivity contribution is 7.86. The molecule has 3 fully saturated rings. The summed E-state index contributed by atoms with van der Waals surface area (Å²) in [7, 11) is -5.75. The van der Waals surface area contributed by atoms with Gasteiger partial charge in [0.15, 0.2) is 6.10 Å². The molecule has 5 unspecified atom stereocenters. The van der Waals surface area contributed by atoms with Crippen molar-refractivity contribution in [3.63, 3.8) is 0 Å². The van der Waals surface area contributed by atoms with Crippen molar-refractivity contribution in [3.05, 3.63) is 0 Å². The number of rotatable bonds is 8. The van der Waals surface area contributed by atoms with Gasteiger partial charge in [-0.25, -0.2) is 0 Å². The number of carbonyl (C=O) groups excluding carboxylic acids is 2. The van der Waals surface area contributed by atoms with Crippen molar-refractivity contribution in [2.75, 3.05) is 19.8 Å². The quantitative estimate of drug-likeness (QED) is 0.450. The van der Waals surface area contributed by atoms with Crippen molar-refractivity contribution in [3.8, 4) is 0 Å². The van der Waals surface area contributed by atoms with Crippen molar-refractivity contribution in [1.29, 1.82) is 0 Å². The van der Waals surface area contributed by atoms with E-state index in [-0.39, 0.29) is 23.9 Å². The third-order valence-corrected chi connectivity index (χ3v) is 7.68. The molecular weight excluding hydrogens is 414 g/mol. The Hall–Kier alpha value is -1.33. The molecule has 8 nitrogen and oxygen atoms in total. The number of halogens is 2. The molecule has 0 aromatic rings. The summed E-state index contributed by atoms with van der Waals surface area (Å²) in [6.07, 6.45) is 0.350. The third kappa shape index (κ3) is 4.00. The first kappa shape index (κ1) is 22.4. The average molecular weight is 440 g/mol. The predicted molar refractivity (Wildman–Crippen MR) is 94.4 cm³/mol. The summed E-state index contributed by atoms with van der Waals surface area (Å²) in [6, 6.07) is 0.